The first kappa shape index (κ1) is 19.8. The number of nitriles is 1. The van der Waals surface area contributed by atoms with E-state index in [1.807, 2.05) is 24.3 Å². The Hall–Kier alpha value is -4.50. The third kappa shape index (κ3) is 4.11. The van der Waals surface area contributed by atoms with Crippen LogP contribution in [0.15, 0.2) is 57.9 Å². The average molecular weight is 435 g/mol. The number of benzene rings is 1. The summed E-state index contributed by atoms with van der Waals surface area (Å²) in [5.74, 6) is -1.03. The van der Waals surface area contributed by atoms with Crippen LogP contribution in [-0.4, -0.2) is 33.0 Å². The number of carbonyl (C=O) groups excluding carboxylic acids is 1. The summed E-state index contributed by atoms with van der Waals surface area (Å²) in [5, 5.41) is 26.8. The van der Waals surface area contributed by atoms with Gasteiger partial charge in [0.2, 0.25) is 16.0 Å². The fraction of sp³-hybridized carbons (Fsp3) is 0.0526. The highest BCUT2D eigenvalue weighted by atomic mass is 32.1. The molecule has 3 heterocycles. The van der Waals surface area contributed by atoms with E-state index in [0.29, 0.717) is 10.8 Å². The van der Waals surface area contributed by atoms with Gasteiger partial charge >= 0.3 is 5.63 Å². The van der Waals surface area contributed by atoms with Crippen molar-refractivity contribution in [2.45, 2.75) is 0 Å². The topological polar surface area (TPSA) is 148 Å². The molecule has 0 aliphatic carbocycles. The van der Waals surface area contributed by atoms with Crippen LogP contribution in [0.2, 0.25) is 0 Å². The smallest absolute Gasteiger partial charge is 0.381 e. The van der Waals surface area contributed by atoms with E-state index in [4.69, 9.17) is 14.4 Å². The highest BCUT2D eigenvalue weighted by molar-refractivity contribution is 7.17. The van der Waals surface area contributed by atoms with Crippen molar-refractivity contribution >= 4 is 33.8 Å². The van der Waals surface area contributed by atoms with Crippen molar-refractivity contribution in [2.75, 3.05) is 17.7 Å². The molecule has 0 aliphatic heterocycles. The molecule has 4 aromatic rings. The first-order valence-corrected chi connectivity index (χ1v) is 9.54. The van der Waals surface area contributed by atoms with Crippen molar-refractivity contribution in [3.05, 3.63) is 70.5 Å². The van der Waals surface area contributed by atoms with Gasteiger partial charge in [0.15, 0.2) is 5.76 Å². The number of carbonyl (C=O) groups is 1. The number of para-hydroxylation sites is 1. The van der Waals surface area contributed by atoms with E-state index in [2.05, 4.69) is 25.9 Å². The third-order valence-electron chi connectivity index (χ3n) is 3.96. The van der Waals surface area contributed by atoms with Gasteiger partial charge in [0.05, 0.1) is 19.0 Å². The highest BCUT2D eigenvalue weighted by Gasteiger charge is 2.19. The molecule has 0 saturated carbocycles. The van der Waals surface area contributed by atoms with Gasteiger partial charge in [0.1, 0.15) is 11.8 Å². The molecule has 154 valence electrons. The van der Waals surface area contributed by atoms with Crippen molar-refractivity contribution < 1.29 is 13.9 Å². The quantitative estimate of drug-likeness (QED) is 0.466. The fourth-order valence-electron chi connectivity index (χ4n) is 2.61. The van der Waals surface area contributed by atoms with Crippen LogP contribution in [0.1, 0.15) is 16.2 Å². The second kappa shape index (κ2) is 8.47. The van der Waals surface area contributed by atoms with Gasteiger partial charge in [-0.15, -0.1) is 10.2 Å². The van der Waals surface area contributed by atoms with E-state index in [0.717, 1.165) is 11.3 Å². The minimum Gasteiger partial charge on any atom is -0.488 e. The van der Waals surface area contributed by atoms with Crippen LogP contribution in [0.5, 0.6) is 5.75 Å². The van der Waals surface area contributed by atoms with Gasteiger partial charge < -0.3 is 14.5 Å². The summed E-state index contributed by atoms with van der Waals surface area (Å²) in [6.45, 7) is 0. The van der Waals surface area contributed by atoms with Gasteiger partial charge in [-0.3, -0.25) is 10.1 Å². The maximum absolute atomic E-state index is 12.6. The lowest BCUT2D eigenvalue weighted by molar-refractivity contribution is 0.0991. The molecule has 4 rings (SSSR count). The predicted molar refractivity (Wildman–Crippen MR) is 111 cm³/mol. The minimum absolute atomic E-state index is 0.0682. The molecule has 0 radical (unpaired) electrons. The number of anilines is 3. The first-order chi connectivity index (χ1) is 15.1. The van der Waals surface area contributed by atoms with E-state index in [1.54, 1.807) is 12.1 Å². The first-order valence-electron chi connectivity index (χ1n) is 8.72. The molecule has 31 heavy (non-hydrogen) atoms. The monoisotopic (exact) mass is 435 g/mol. The average Bonchev–Trinajstić information content (AvgIpc) is 3.43. The van der Waals surface area contributed by atoms with Gasteiger partial charge in [-0.25, -0.2) is 4.79 Å². The Balaban J connectivity index is 1.59. The van der Waals surface area contributed by atoms with Gasteiger partial charge in [0, 0.05) is 11.8 Å². The summed E-state index contributed by atoms with van der Waals surface area (Å²) < 4.78 is 11.5. The predicted octanol–water partition coefficient (Wildman–Crippen LogP) is 2.55. The standard InChI is InChI=1S/C19H13N7O4S/c1-29-15-13(22-11-5-3-2-4-6-11)9-14(30-17(15)28)16(27)23-18-24-25-19(31-18)26-12(10-20)7-8-21-26/h2-9,22H,1H3,(H,23,24,27). The number of hydrogen-bond acceptors (Lipinski definition) is 10. The fourth-order valence-corrected chi connectivity index (χ4v) is 3.32. The number of ether oxygens (including phenoxy) is 1. The van der Waals surface area contributed by atoms with Crippen molar-refractivity contribution in [3.63, 3.8) is 0 Å². The Kier molecular flexibility index (Phi) is 5.41. The van der Waals surface area contributed by atoms with Crippen molar-refractivity contribution in [1.29, 1.82) is 5.26 Å². The van der Waals surface area contributed by atoms with Crippen LogP contribution in [0, 0.1) is 11.3 Å². The number of methoxy groups -OCH3 is 1. The van der Waals surface area contributed by atoms with Crippen molar-refractivity contribution in [3.8, 4) is 17.0 Å². The lowest BCUT2D eigenvalue weighted by atomic mass is 10.2. The molecule has 2 N–H and O–H groups in total. The van der Waals surface area contributed by atoms with E-state index >= 15 is 0 Å². The number of rotatable bonds is 6. The van der Waals surface area contributed by atoms with E-state index in [1.165, 1.54) is 30.1 Å². The zero-order valence-electron chi connectivity index (χ0n) is 15.9. The van der Waals surface area contributed by atoms with Crippen LogP contribution in [0.25, 0.3) is 5.13 Å². The van der Waals surface area contributed by atoms with Gasteiger partial charge in [0.25, 0.3) is 5.91 Å². The molecule has 0 unspecified atom stereocenters. The van der Waals surface area contributed by atoms with Crippen LogP contribution in [-0.2, 0) is 0 Å². The molecule has 1 aromatic carbocycles. The van der Waals surface area contributed by atoms with Crippen molar-refractivity contribution in [1.82, 2.24) is 20.0 Å². The molecule has 0 fully saturated rings. The largest absolute Gasteiger partial charge is 0.488 e. The molecule has 0 spiro atoms. The Labute approximate surface area is 178 Å². The number of amides is 1. The summed E-state index contributed by atoms with van der Waals surface area (Å²) in [7, 11) is 1.33. The summed E-state index contributed by atoms with van der Waals surface area (Å²) in [6.07, 6.45) is 1.45. The highest BCUT2D eigenvalue weighted by Crippen LogP contribution is 2.26. The number of nitrogens with zero attached hydrogens (tertiary/aromatic N) is 5. The number of hydrogen-bond donors (Lipinski definition) is 2. The zero-order valence-corrected chi connectivity index (χ0v) is 16.7. The maximum Gasteiger partial charge on any atom is 0.381 e. The van der Waals surface area contributed by atoms with Crippen LogP contribution >= 0.6 is 11.3 Å². The van der Waals surface area contributed by atoms with E-state index < -0.39 is 11.5 Å². The van der Waals surface area contributed by atoms with Crippen molar-refractivity contribution in [2.24, 2.45) is 0 Å². The summed E-state index contributed by atoms with van der Waals surface area (Å²) >= 11 is 0.997. The lowest BCUT2D eigenvalue weighted by Crippen LogP contribution is -2.16. The van der Waals surface area contributed by atoms with Crippen LogP contribution < -0.4 is 21.0 Å². The minimum atomic E-state index is -0.818. The second-order valence-electron chi connectivity index (χ2n) is 5.92. The van der Waals surface area contributed by atoms with Crippen LogP contribution in [0.4, 0.5) is 16.5 Å². The molecular formula is C19H13N7O4S. The molecule has 11 nitrogen and oxygen atoms in total. The molecule has 0 aliphatic rings. The summed E-state index contributed by atoms with van der Waals surface area (Å²) in [4.78, 5) is 24.9. The molecular weight excluding hydrogens is 422 g/mol. The Bertz CT molecular complexity index is 1340. The normalized spacial score (nSPS) is 10.3. The zero-order chi connectivity index (χ0) is 21.8. The number of nitrogens with one attached hydrogen (secondary N) is 2. The Morgan fingerprint density at radius 2 is 2.06 bits per heavy atom. The number of aromatic nitrogens is 4. The van der Waals surface area contributed by atoms with Gasteiger partial charge in [-0.1, -0.05) is 29.5 Å². The maximum atomic E-state index is 12.6. The molecule has 1 amide bonds. The summed E-state index contributed by atoms with van der Waals surface area (Å²) in [5.41, 5.74) is 0.413. The van der Waals surface area contributed by atoms with E-state index in [9.17, 15) is 9.59 Å². The Morgan fingerprint density at radius 3 is 2.81 bits per heavy atom. The molecule has 0 saturated heterocycles. The Morgan fingerprint density at radius 1 is 1.26 bits per heavy atom. The summed E-state index contributed by atoms with van der Waals surface area (Å²) in [6, 6.07) is 13.9. The molecule has 3 aromatic heterocycles. The SMILES string of the molecule is COc1c(Nc2ccccc2)cc(C(=O)Nc2nnc(-n3nccc3C#N)s2)oc1=O. The molecule has 0 atom stereocenters. The third-order valence-corrected chi connectivity index (χ3v) is 4.78. The van der Waals surface area contributed by atoms with Gasteiger partial charge in [-0.05, 0) is 18.2 Å². The van der Waals surface area contributed by atoms with Gasteiger partial charge in [-0.2, -0.15) is 15.0 Å². The second-order valence-corrected chi connectivity index (χ2v) is 6.88. The lowest BCUT2D eigenvalue weighted by Gasteiger charge is -2.11. The van der Waals surface area contributed by atoms with Crippen LogP contribution in [0.3, 0.4) is 0 Å². The molecule has 0 bridgehead atoms. The molecule has 12 heteroatoms. The van der Waals surface area contributed by atoms with E-state index in [-0.39, 0.29) is 28.0 Å².